The third-order valence-corrected chi connectivity index (χ3v) is 8.10. The molecule has 3 aromatic rings. The van der Waals surface area contributed by atoms with Crippen LogP contribution in [0.25, 0.3) is 0 Å². The number of halogens is 3. The highest BCUT2D eigenvalue weighted by Gasteiger charge is 2.51. The van der Waals surface area contributed by atoms with Gasteiger partial charge in [0, 0.05) is 30.3 Å². The van der Waals surface area contributed by atoms with Gasteiger partial charge in [0.2, 0.25) is 0 Å². The van der Waals surface area contributed by atoms with Crippen LogP contribution in [0.4, 0.5) is 13.2 Å². The van der Waals surface area contributed by atoms with Crippen LogP contribution in [0.5, 0.6) is 11.5 Å². The van der Waals surface area contributed by atoms with Gasteiger partial charge in [-0.05, 0) is 89.0 Å². The summed E-state index contributed by atoms with van der Waals surface area (Å²) in [6, 6.07) is 14.5. The molecule has 0 aliphatic carbocycles. The lowest BCUT2D eigenvalue weighted by atomic mass is 9.83. The molecule has 1 unspecified atom stereocenters. The van der Waals surface area contributed by atoms with Crippen molar-refractivity contribution in [2.75, 3.05) is 19.6 Å². The first-order valence-corrected chi connectivity index (χ1v) is 13.7. The molecular weight excluding hydrogens is 519 g/mol. The van der Waals surface area contributed by atoms with Crippen LogP contribution in [0, 0.1) is 19.8 Å². The van der Waals surface area contributed by atoms with E-state index in [4.69, 9.17) is 9.47 Å². The predicted molar refractivity (Wildman–Crippen MR) is 145 cm³/mol. The number of carbonyl (C=O) groups is 1. The zero-order valence-corrected chi connectivity index (χ0v) is 22.9. The number of hydrogen-bond donors (Lipinski definition) is 1. The Kier molecular flexibility index (Phi) is 7.77. The van der Waals surface area contributed by atoms with E-state index in [0.717, 1.165) is 50.0 Å². The number of pyridine rings is 1. The number of nitrogens with zero attached hydrogens (tertiary/aromatic N) is 2. The number of nitrogens with one attached hydrogen (secondary N) is 1. The second kappa shape index (κ2) is 11.1. The Morgan fingerprint density at radius 3 is 2.25 bits per heavy atom. The molecule has 6 nitrogen and oxygen atoms in total. The van der Waals surface area contributed by atoms with E-state index in [1.807, 2.05) is 44.2 Å². The third kappa shape index (κ3) is 5.52. The number of amides is 1. The zero-order chi connectivity index (χ0) is 28.5. The minimum Gasteiger partial charge on any atom is -0.444 e. The molecule has 0 spiro atoms. The van der Waals surface area contributed by atoms with Crippen molar-refractivity contribution in [2.45, 2.75) is 58.0 Å². The second-order valence-corrected chi connectivity index (χ2v) is 10.7. The van der Waals surface area contributed by atoms with Crippen molar-refractivity contribution in [3.8, 4) is 11.5 Å². The molecule has 2 aliphatic rings. The molecule has 1 aromatic heterocycles. The summed E-state index contributed by atoms with van der Waals surface area (Å²) in [6.07, 6.45) is -0.422. The van der Waals surface area contributed by atoms with Crippen molar-refractivity contribution >= 4 is 5.91 Å². The number of alkyl halides is 3. The summed E-state index contributed by atoms with van der Waals surface area (Å²) >= 11 is 0. The normalized spacial score (nSPS) is 17.9. The third-order valence-electron chi connectivity index (χ3n) is 8.10. The molecule has 212 valence electrons. The number of carbonyl (C=O) groups excluding carboxylic acids is 1. The molecule has 5 rings (SSSR count). The number of aryl methyl sites for hydroxylation is 2. The van der Waals surface area contributed by atoms with E-state index in [2.05, 4.69) is 22.1 Å². The Bertz CT molecular complexity index is 1310. The first-order valence-electron chi connectivity index (χ1n) is 13.7. The highest BCUT2D eigenvalue weighted by atomic mass is 19.4. The van der Waals surface area contributed by atoms with Crippen LogP contribution < -0.4 is 14.8 Å². The fourth-order valence-electron chi connectivity index (χ4n) is 5.80. The number of para-hydroxylation sites is 2. The maximum absolute atomic E-state index is 13.2. The number of benzene rings is 2. The molecule has 40 heavy (non-hydrogen) atoms. The van der Waals surface area contributed by atoms with Gasteiger partial charge in [0.15, 0.2) is 11.5 Å². The number of piperidine rings is 1. The molecule has 0 bridgehead atoms. The molecule has 1 atom stereocenters. The Labute approximate surface area is 232 Å². The van der Waals surface area contributed by atoms with E-state index in [9.17, 15) is 18.0 Å². The highest BCUT2D eigenvalue weighted by molar-refractivity contribution is 5.96. The molecular formula is C31H34F3N3O3. The maximum atomic E-state index is 13.2. The van der Waals surface area contributed by atoms with Crippen LogP contribution in [-0.2, 0) is 12.0 Å². The van der Waals surface area contributed by atoms with Crippen LogP contribution in [0.3, 0.4) is 0 Å². The Morgan fingerprint density at radius 2 is 1.68 bits per heavy atom. The fraction of sp³-hybridized carbons (Fsp3) is 0.419. The molecule has 3 heterocycles. The van der Waals surface area contributed by atoms with E-state index >= 15 is 0 Å². The van der Waals surface area contributed by atoms with Crippen molar-refractivity contribution in [1.29, 1.82) is 0 Å². The van der Waals surface area contributed by atoms with Crippen molar-refractivity contribution in [2.24, 2.45) is 5.92 Å². The van der Waals surface area contributed by atoms with E-state index in [-0.39, 0.29) is 17.9 Å². The maximum Gasteiger partial charge on any atom is 0.416 e. The summed E-state index contributed by atoms with van der Waals surface area (Å²) in [5, 5.41) is 3.03. The first-order chi connectivity index (χ1) is 19.1. The van der Waals surface area contributed by atoms with Crippen LogP contribution in [0.15, 0.2) is 60.8 Å². The van der Waals surface area contributed by atoms with E-state index < -0.39 is 17.5 Å². The molecule has 1 N–H and O–H groups in total. The van der Waals surface area contributed by atoms with Gasteiger partial charge in [0.05, 0.1) is 16.8 Å². The molecule has 9 heteroatoms. The van der Waals surface area contributed by atoms with Gasteiger partial charge in [-0.2, -0.15) is 13.2 Å². The van der Waals surface area contributed by atoms with E-state index in [0.29, 0.717) is 34.9 Å². The van der Waals surface area contributed by atoms with Crippen molar-refractivity contribution in [3.63, 3.8) is 0 Å². The van der Waals surface area contributed by atoms with Crippen LogP contribution >= 0.6 is 0 Å². The minimum atomic E-state index is -4.41. The second-order valence-electron chi connectivity index (χ2n) is 10.7. The lowest BCUT2D eigenvalue weighted by molar-refractivity contribution is -0.150. The Morgan fingerprint density at radius 1 is 1.05 bits per heavy atom. The minimum absolute atomic E-state index is 0.0590. The van der Waals surface area contributed by atoms with Gasteiger partial charge in [0.1, 0.15) is 0 Å². The van der Waals surface area contributed by atoms with Gasteiger partial charge in [-0.15, -0.1) is 0 Å². The van der Waals surface area contributed by atoms with Gasteiger partial charge in [-0.3, -0.25) is 9.78 Å². The number of likely N-dealkylation sites (tertiary alicyclic amines) is 1. The number of hydrogen-bond acceptors (Lipinski definition) is 5. The molecule has 1 saturated heterocycles. The van der Waals surface area contributed by atoms with Crippen LogP contribution in [0.2, 0.25) is 0 Å². The largest absolute Gasteiger partial charge is 0.444 e. The average Bonchev–Trinajstić information content (AvgIpc) is 3.33. The summed E-state index contributed by atoms with van der Waals surface area (Å²) in [7, 11) is 0. The molecule has 1 fully saturated rings. The van der Waals surface area contributed by atoms with Crippen molar-refractivity contribution in [1.82, 2.24) is 15.2 Å². The highest BCUT2D eigenvalue weighted by Crippen LogP contribution is 2.50. The summed E-state index contributed by atoms with van der Waals surface area (Å²) < 4.78 is 52.6. The zero-order valence-electron chi connectivity index (χ0n) is 22.9. The number of aromatic nitrogens is 1. The monoisotopic (exact) mass is 553 g/mol. The van der Waals surface area contributed by atoms with E-state index in [1.54, 1.807) is 6.20 Å². The Balaban J connectivity index is 1.23. The summed E-state index contributed by atoms with van der Waals surface area (Å²) in [5.74, 6) is -0.170. The van der Waals surface area contributed by atoms with Crippen LogP contribution in [-0.4, -0.2) is 41.5 Å². The van der Waals surface area contributed by atoms with Gasteiger partial charge >= 0.3 is 6.18 Å². The van der Waals surface area contributed by atoms with Crippen molar-refractivity contribution < 1.29 is 27.4 Å². The lowest BCUT2D eigenvalue weighted by Crippen LogP contribution is -2.50. The number of fused-ring (bicyclic) bond motifs is 1. The molecule has 2 aromatic carbocycles. The number of ether oxygens (including phenoxy) is 2. The standard InChI is InChI=1S/C31H34F3N3O3/c1-20-12-16-35-22(3)28(20)29(38)36-17-13-21(2)37-18-14-24(15-19-37)30(39-26-6-4-5-7-27(26)40-30)23-8-10-25(11-9-23)31(32,33)34/h4-12,16,21,24H,13-15,17-19H2,1-3H3,(H,36,38). The summed E-state index contributed by atoms with van der Waals surface area (Å²) in [5.41, 5.74) is 2.12. The van der Waals surface area contributed by atoms with E-state index in [1.165, 1.54) is 12.1 Å². The summed E-state index contributed by atoms with van der Waals surface area (Å²) in [6.45, 7) is 8.01. The smallest absolute Gasteiger partial charge is 0.416 e. The Hall–Kier alpha value is -3.59. The SMILES string of the molecule is Cc1ccnc(C)c1C(=O)NCCC(C)N1CCC(C2(c3ccc(C(F)(F)F)cc3)Oc3ccccc3O2)CC1. The molecule has 1 amide bonds. The quantitative estimate of drug-likeness (QED) is 0.374. The topological polar surface area (TPSA) is 63.7 Å². The lowest BCUT2D eigenvalue weighted by Gasteiger charge is -2.42. The molecule has 0 radical (unpaired) electrons. The molecule has 0 saturated carbocycles. The predicted octanol–water partition coefficient (Wildman–Crippen LogP) is 6.26. The molecule has 2 aliphatic heterocycles. The van der Waals surface area contributed by atoms with Gasteiger partial charge in [-0.25, -0.2) is 0 Å². The van der Waals surface area contributed by atoms with Gasteiger partial charge in [-0.1, -0.05) is 24.3 Å². The van der Waals surface area contributed by atoms with Crippen molar-refractivity contribution in [3.05, 3.63) is 88.7 Å². The first kappa shape index (κ1) is 28.0. The number of rotatable bonds is 7. The summed E-state index contributed by atoms with van der Waals surface area (Å²) in [4.78, 5) is 19.3. The van der Waals surface area contributed by atoms with Gasteiger partial charge < -0.3 is 19.7 Å². The fourth-order valence-corrected chi connectivity index (χ4v) is 5.80. The van der Waals surface area contributed by atoms with Gasteiger partial charge in [0.25, 0.3) is 11.7 Å². The average molecular weight is 554 g/mol. The van der Waals surface area contributed by atoms with Crippen LogP contribution in [0.1, 0.15) is 58.9 Å².